The minimum atomic E-state index is -0.00217. The molecule has 0 aliphatic carbocycles. The maximum absolute atomic E-state index is 12.0. The maximum Gasteiger partial charge on any atom is 0.254 e. The van der Waals surface area contributed by atoms with Crippen LogP contribution >= 0.6 is 0 Å². The molecule has 0 bridgehead atoms. The molecule has 3 heteroatoms. The quantitative estimate of drug-likeness (QED) is 0.712. The van der Waals surface area contributed by atoms with Gasteiger partial charge in [0.1, 0.15) is 0 Å². The Morgan fingerprint density at radius 2 is 2.12 bits per heavy atom. The van der Waals surface area contributed by atoms with Gasteiger partial charge < -0.3 is 4.57 Å². The van der Waals surface area contributed by atoms with E-state index in [1.54, 1.807) is 10.6 Å². The van der Waals surface area contributed by atoms with Gasteiger partial charge in [-0.1, -0.05) is 25.8 Å². The molecule has 1 aromatic rings. The van der Waals surface area contributed by atoms with Crippen molar-refractivity contribution in [3.63, 3.8) is 0 Å². The minimum absolute atomic E-state index is 0.00217. The molecule has 0 radical (unpaired) electrons. The molecule has 0 aromatic carbocycles. The number of pyridine rings is 1. The number of hydrogen-bond acceptors (Lipinski definition) is 2. The predicted octanol–water partition coefficient (Wildman–Crippen LogP) is 2.41. The molecule has 0 aliphatic heterocycles. The van der Waals surface area contributed by atoms with Gasteiger partial charge in [0.25, 0.3) is 5.56 Å². The van der Waals surface area contributed by atoms with Gasteiger partial charge in [-0.2, -0.15) is 5.26 Å². The van der Waals surface area contributed by atoms with E-state index in [2.05, 4.69) is 6.92 Å². The van der Waals surface area contributed by atoms with E-state index in [0.717, 1.165) is 31.5 Å². The lowest BCUT2D eigenvalue weighted by Gasteiger charge is -2.10. The summed E-state index contributed by atoms with van der Waals surface area (Å²) in [6, 6.07) is 5.70. The van der Waals surface area contributed by atoms with Crippen molar-refractivity contribution in [2.24, 2.45) is 0 Å². The molecule has 0 saturated heterocycles. The number of nitriles is 1. The molecule has 0 unspecified atom stereocenters. The Hall–Kier alpha value is -1.56. The van der Waals surface area contributed by atoms with Gasteiger partial charge in [-0.25, -0.2) is 0 Å². The highest BCUT2D eigenvalue weighted by Crippen LogP contribution is 2.03. The van der Waals surface area contributed by atoms with Crippen LogP contribution in [0.25, 0.3) is 0 Å². The molecule has 0 spiro atoms. The van der Waals surface area contributed by atoms with E-state index in [4.69, 9.17) is 5.26 Å². The zero-order valence-electron chi connectivity index (χ0n) is 9.99. The summed E-state index contributed by atoms with van der Waals surface area (Å²) < 4.78 is 1.78. The normalized spacial score (nSPS) is 10.1. The molecule has 86 valence electrons. The molecule has 1 heterocycles. The van der Waals surface area contributed by atoms with E-state index in [1.807, 2.05) is 19.1 Å². The third-order valence-corrected chi connectivity index (χ3v) is 2.73. The van der Waals surface area contributed by atoms with Crippen LogP contribution in [-0.2, 0) is 13.0 Å². The Kier molecular flexibility index (Phi) is 4.78. The summed E-state index contributed by atoms with van der Waals surface area (Å²) in [4.78, 5) is 12.0. The minimum Gasteiger partial charge on any atom is -0.313 e. The standard InChI is InChI=1S/C13H18N2O/c1-3-4-5-10-15-11(2)6-7-12(8-9-14)13(15)16/h6-7H,3-5,8,10H2,1-2H3. The first-order valence-electron chi connectivity index (χ1n) is 5.77. The second kappa shape index (κ2) is 6.12. The molecule has 0 atom stereocenters. The Bertz CT molecular complexity index is 440. The molecule has 0 saturated carbocycles. The average molecular weight is 218 g/mol. The monoisotopic (exact) mass is 218 g/mol. The summed E-state index contributed by atoms with van der Waals surface area (Å²) in [5.41, 5.74) is 1.57. The first kappa shape index (κ1) is 12.5. The fourth-order valence-corrected chi connectivity index (χ4v) is 1.73. The molecular formula is C13H18N2O. The van der Waals surface area contributed by atoms with Gasteiger partial charge >= 0.3 is 0 Å². The van der Waals surface area contributed by atoms with Crippen LogP contribution in [0.4, 0.5) is 0 Å². The molecule has 0 N–H and O–H groups in total. The average Bonchev–Trinajstić information content (AvgIpc) is 2.27. The largest absolute Gasteiger partial charge is 0.313 e. The Labute approximate surface area is 96.3 Å². The van der Waals surface area contributed by atoms with Crippen LogP contribution in [0.1, 0.15) is 37.4 Å². The zero-order chi connectivity index (χ0) is 12.0. The lowest BCUT2D eigenvalue weighted by Crippen LogP contribution is -2.25. The Balaban J connectivity index is 2.93. The second-order valence-corrected chi connectivity index (χ2v) is 4.00. The highest BCUT2D eigenvalue weighted by molar-refractivity contribution is 5.18. The van der Waals surface area contributed by atoms with E-state index >= 15 is 0 Å². The van der Waals surface area contributed by atoms with Crippen molar-refractivity contribution >= 4 is 0 Å². The third kappa shape index (κ3) is 2.96. The Morgan fingerprint density at radius 1 is 1.38 bits per heavy atom. The fraction of sp³-hybridized carbons (Fsp3) is 0.538. The van der Waals surface area contributed by atoms with Gasteiger partial charge in [0.05, 0.1) is 12.5 Å². The summed E-state index contributed by atoms with van der Waals surface area (Å²) in [7, 11) is 0. The van der Waals surface area contributed by atoms with Crippen molar-refractivity contribution < 1.29 is 0 Å². The zero-order valence-corrected chi connectivity index (χ0v) is 9.99. The number of nitrogens with zero attached hydrogens (tertiary/aromatic N) is 2. The van der Waals surface area contributed by atoms with Gasteiger partial charge in [0.15, 0.2) is 0 Å². The fourth-order valence-electron chi connectivity index (χ4n) is 1.73. The highest BCUT2D eigenvalue weighted by Gasteiger charge is 2.05. The first-order valence-corrected chi connectivity index (χ1v) is 5.77. The number of aryl methyl sites for hydroxylation is 1. The SMILES string of the molecule is CCCCCn1c(C)ccc(CC#N)c1=O. The van der Waals surface area contributed by atoms with E-state index in [0.29, 0.717) is 5.56 Å². The van der Waals surface area contributed by atoms with E-state index in [1.165, 1.54) is 0 Å². The maximum atomic E-state index is 12.0. The summed E-state index contributed by atoms with van der Waals surface area (Å²) in [6.45, 7) is 4.84. The van der Waals surface area contributed by atoms with Gasteiger partial charge in [-0.05, 0) is 19.4 Å². The van der Waals surface area contributed by atoms with E-state index in [-0.39, 0.29) is 12.0 Å². The summed E-state index contributed by atoms with van der Waals surface area (Å²) in [6.07, 6.45) is 3.50. The smallest absolute Gasteiger partial charge is 0.254 e. The van der Waals surface area contributed by atoms with Crippen LogP contribution in [-0.4, -0.2) is 4.57 Å². The van der Waals surface area contributed by atoms with Gasteiger partial charge in [-0.15, -0.1) is 0 Å². The molecule has 16 heavy (non-hydrogen) atoms. The number of rotatable bonds is 5. The topological polar surface area (TPSA) is 45.8 Å². The first-order chi connectivity index (χ1) is 7.70. The summed E-state index contributed by atoms with van der Waals surface area (Å²) >= 11 is 0. The third-order valence-electron chi connectivity index (χ3n) is 2.73. The van der Waals surface area contributed by atoms with E-state index in [9.17, 15) is 4.79 Å². The summed E-state index contributed by atoms with van der Waals surface area (Å²) in [5.74, 6) is 0. The molecular weight excluding hydrogens is 200 g/mol. The van der Waals surface area contributed by atoms with Crippen LogP contribution in [0.2, 0.25) is 0 Å². The van der Waals surface area contributed by atoms with Gasteiger partial charge in [0, 0.05) is 17.8 Å². The van der Waals surface area contributed by atoms with Crippen molar-refractivity contribution in [3.8, 4) is 6.07 Å². The van der Waals surface area contributed by atoms with Crippen LogP contribution in [0.15, 0.2) is 16.9 Å². The van der Waals surface area contributed by atoms with E-state index < -0.39 is 0 Å². The summed E-state index contributed by atoms with van der Waals surface area (Å²) in [5, 5.41) is 8.62. The lowest BCUT2D eigenvalue weighted by molar-refractivity contribution is 0.573. The molecule has 1 aromatic heterocycles. The molecule has 0 fully saturated rings. The number of unbranched alkanes of at least 4 members (excludes halogenated alkanes) is 2. The molecule has 1 rings (SSSR count). The van der Waals surface area contributed by atoms with Gasteiger partial charge in [0.2, 0.25) is 0 Å². The number of aromatic nitrogens is 1. The van der Waals surface area contributed by atoms with Crippen molar-refractivity contribution in [2.75, 3.05) is 0 Å². The van der Waals surface area contributed by atoms with Crippen molar-refractivity contribution in [1.29, 1.82) is 5.26 Å². The molecule has 0 aliphatic rings. The van der Waals surface area contributed by atoms with Gasteiger partial charge in [-0.3, -0.25) is 4.79 Å². The van der Waals surface area contributed by atoms with Crippen molar-refractivity contribution in [3.05, 3.63) is 33.7 Å². The van der Waals surface area contributed by atoms with Crippen LogP contribution < -0.4 is 5.56 Å². The van der Waals surface area contributed by atoms with Crippen molar-refractivity contribution in [1.82, 2.24) is 4.57 Å². The Morgan fingerprint density at radius 3 is 2.75 bits per heavy atom. The molecule has 3 nitrogen and oxygen atoms in total. The lowest BCUT2D eigenvalue weighted by atomic mass is 10.2. The number of hydrogen-bond donors (Lipinski definition) is 0. The van der Waals surface area contributed by atoms with Crippen LogP contribution in [0, 0.1) is 18.3 Å². The van der Waals surface area contributed by atoms with Crippen molar-refractivity contribution in [2.45, 2.75) is 46.1 Å². The van der Waals surface area contributed by atoms with Crippen LogP contribution in [0.3, 0.4) is 0 Å². The molecule has 0 amide bonds. The highest BCUT2D eigenvalue weighted by atomic mass is 16.1. The predicted molar refractivity (Wildman–Crippen MR) is 64.3 cm³/mol. The second-order valence-electron chi connectivity index (χ2n) is 4.00. The van der Waals surface area contributed by atoms with Crippen LogP contribution in [0.5, 0.6) is 0 Å².